The van der Waals surface area contributed by atoms with E-state index in [1.165, 1.54) is 12.1 Å². The predicted molar refractivity (Wildman–Crippen MR) is 113 cm³/mol. The van der Waals surface area contributed by atoms with Crippen LogP contribution in [0.2, 0.25) is 0 Å². The second-order valence-electron chi connectivity index (χ2n) is 6.74. The molecule has 0 saturated carbocycles. The van der Waals surface area contributed by atoms with Gasteiger partial charge in [0.1, 0.15) is 0 Å². The molecule has 4 aromatic rings. The van der Waals surface area contributed by atoms with Gasteiger partial charge in [-0.25, -0.2) is 13.1 Å². The maximum Gasteiger partial charge on any atom is 0.240 e. The van der Waals surface area contributed by atoms with Crippen LogP contribution >= 0.6 is 0 Å². The number of para-hydroxylation sites is 1. The minimum Gasteiger partial charge on any atom is -0.361 e. The van der Waals surface area contributed by atoms with Gasteiger partial charge in [-0.1, -0.05) is 54.6 Å². The van der Waals surface area contributed by atoms with Gasteiger partial charge < -0.3 is 4.98 Å². The van der Waals surface area contributed by atoms with E-state index in [2.05, 4.69) is 9.71 Å². The lowest BCUT2D eigenvalue weighted by Crippen LogP contribution is -2.29. The Labute approximate surface area is 169 Å². The van der Waals surface area contributed by atoms with Crippen LogP contribution in [0.15, 0.2) is 90.0 Å². The first-order valence-corrected chi connectivity index (χ1v) is 10.7. The summed E-state index contributed by atoms with van der Waals surface area (Å²) in [5, 5.41) is 10.1. The zero-order valence-corrected chi connectivity index (χ0v) is 16.4. The van der Waals surface area contributed by atoms with Crippen molar-refractivity contribution in [3.63, 3.8) is 0 Å². The number of aromatic nitrogens is 1. The molecule has 0 unspecified atom stereocenters. The molecule has 29 heavy (non-hydrogen) atoms. The molecule has 0 fully saturated rings. The molecule has 0 bridgehead atoms. The molecule has 0 aliphatic carbocycles. The Morgan fingerprint density at radius 2 is 1.72 bits per heavy atom. The first-order chi connectivity index (χ1) is 14.1. The summed E-state index contributed by atoms with van der Waals surface area (Å²) in [7, 11) is -3.75. The molecule has 0 saturated heterocycles. The minimum atomic E-state index is -3.75. The third-order valence-electron chi connectivity index (χ3n) is 4.95. The monoisotopic (exact) mass is 401 g/mol. The summed E-state index contributed by atoms with van der Waals surface area (Å²) in [4.78, 5) is 3.35. The molecule has 0 spiro atoms. The molecule has 1 heterocycles. The van der Waals surface area contributed by atoms with Crippen LogP contribution < -0.4 is 4.72 Å². The van der Waals surface area contributed by atoms with Gasteiger partial charge in [-0.05, 0) is 35.4 Å². The van der Waals surface area contributed by atoms with Crippen molar-refractivity contribution >= 4 is 20.9 Å². The molecular weight excluding hydrogens is 382 g/mol. The van der Waals surface area contributed by atoms with E-state index in [1.54, 1.807) is 12.1 Å². The summed E-state index contributed by atoms with van der Waals surface area (Å²) >= 11 is 0. The zero-order valence-electron chi connectivity index (χ0n) is 15.5. The fourth-order valence-electron chi connectivity index (χ4n) is 3.48. The van der Waals surface area contributed by atoms with Crippen LogP contribution in [0.4, 0.5) is 0 Å². The van der Waals surface area contributed by atoms with Crippen molar-refractivity contribution in [1.29, 1.82) is 5.26 Å². The standard InChI is InChI=1S/C23H19N3O2S/c24-14-17-7-6-10-19(13-17)29(27,28)26-16-21(18-8-2-1-3-9-18)22-15-25-23-12-5-4-11-20(22)23/h1-13,15,21,25-26H,16H2/t21-/m0/s1. The Kier molecular flexibility index (Phi) is 5.17. The van der Waals surface area contributed by atoms with Gasteiger partial charge in [0, 0.05) is 29.6 Å². The van der Waals surface area contributed by atoms with Crippen LogP contribution in [0.1, 0.15) is 22.6 Å². The van der Waals surface area contributed by atoms with Gasteiger partial charge in [-0.15, -0.1) is 0 Å². The van der Waals surface area contributed by atoms with E-state index < -0.39 is 10.0 Å². The van der Waals surface area contributed by atoms with Gasteiger partial charge in [-0.2, -0.15) is 5.26 Å². The van der Waals surface area contributed by atoms with E-state index in [0.29, 0.717) is 5.56 Å². The lowest BCUT2D eigenvalue weighted by atomic mass is 9.91. The molecule has 0 radical (unpaired) electrons. The molecule has 5 nitrogen and oxygen atoms in total. The summed E-state index contributed by atoms with van der Waals surface area (Å²) in [5.41, 5.74) is 3.36. The van der Waals surface area contributed by atoms with Crippen LogP contribution in [-0.4, -0.2) is 19.9 Å². The number of nitriles is 1. The molecule has 6 heteroatoms. The number of nitrogens with zero attached hydrogens (tertiary/aromatic N) is 1. The smallest absolute Gasteiger partial charge is 0.240 e. The van der Waals surface area contributed by atoms with Gasteiger partial charge in [-0.3, -0.25) is 0 Å². The highest BCUT2D eigenvalue weighted by Gasteiger charge is 2.22. The predicted octanol–water partition coefficient (Wildman–Crippen LogP) is 4.15. The molecule has 4 rings (SSSR count). The number of nitrogens with one attached hydrogen (secondary N) is 2. The fraction of sp³-hybridized carbons (Fsp3) is 0.0870. The molecule has 144 valence electrons. The maximum absolute atomic E-state index is 12.8. The third-order valence-corrected chi connectivity index (χ3v) is 6.37. The average molecular weight is 401 g/mol. The van der Waals surface area contributed by atoms with Gasteiger partial charge in [0.2, 0.25) is 10.0 Å². The van der Waals surface area contributed by atoms with Crippen molar-refractivity contribution in [1.82, 2.24) is 9.71 Å². The molecule has 1 aromatic heterocycles. The topological polar surface area (TPSA) is 85.8 Å². The van der Waals surface area contributed by atoms with Crippen LogP contribution in [0.5, 0.6) is 0 Å². The van der Waals surface area contributed by atoms with Crippen LogP contribution in [-0.2, 0) is 10.0 Å². The highest BCUT2D eigenvalue weighted by Crippen LogP contribution is 2.30. The van der Waals surface area contributed by atoms with E-state index in [4.69, 9.17) is 5.26 Å². The van der Waals surface area contributed by atoms with Crippen molar-refractivity contribution in [2.45, 2.75) is 10.8 Å². The van der Waals surface area contributed by atoms with Crippen molar-refractivity contribution in [2.24, 2.45) is 0 Å². The zero-order chi connectivity index (χ0) is 20.3. The van der Waals surface area contributed by atoms with Crippen molar-refractivity contribution in [3.05, 3.63) is 102 Å². The van der Waals surface area contributed by atoms with Gasteiger partial charge in [0.15, 0.2) is 0 Å². The van der Waals surface area contributed by atoms with E-state index in [9.17, 15) is 8.42 Å². The number of hydrogen-bond donors (Lipinski definition) is 2. The molecule has 1 atom stereocenters. The Hall–Kier alpha value is -3.40. The second-order valence-corrected chi connectivity index (χ2v) is 8.51. The highest BCUT2D eigenvalue weighted by molar-refractivity contribution is 7.89. The number of fused-ring (bicyclic) bond motifs is 1. The van der Waals surface area contributed by atoms with Crippen LogP contribution in [0.3, 0.4) is 0 Å². The number of sulfonamides is 1. The SMILES string of the molecule is N#Cc1cccc(S(=O)(=O)NC[C@@H](c2ccccc2)c2c[nH]c3ccccc23)c1. The van der Waals surface area contributed by atoms with Gasteiger partial charge in [0.25, 0.3) is 0 Å². The summed E-state index contributed by atoms with van der Waals surface area (Å²) in [6.45, 7) is 0.199. The molecular formula is C23H19N3O2S. The van der Waals surface area contributed by atoms with Crippen molar-refractivity contribution in [2.75, 3.05) is 6.54 Å². The number of aromatic amines is 1. The lowest BCUT2D eigenvalue weighted by Gasteiger charge is -2.18. The first-order valence-electron chi connectivity index (χ1n) is 9.19. The molecule has 2 N–H and O–H groups in total. The van der Waals surface area contributed by atoms with Gasteiger partial charge >= 0.3 is 0 Å². The Bertz CT molecular complexity index is 1290. The summed E-state index contributed by atoms with van der Waals surface area (Å²) < 4.78 is 28.4. The second kappa shape index (κ2) is 7.92. The van der Waals surface area contributed by atoms with Crippen molar-refractivity contribution in [3.8, 4) is 6.07 Å². The quantitative estimate of drug-likeness (QED) is 0.509. The molecule has 0 aliphatic heterocycles. The molecule has 0 amide bonds. The largest absolute Gasteiger partial charge is 0.361 e. The third kappa shape index (κ3) is 3.92. The minimum absolute atomic E-state index is 0.0855. The lowest BCUT2D eigenvalue weighted by molar-refractivity contribution is 0.577. The fourth-order valence-corrected chi connectivity index (χ4v) is 4.58. The summed E-state index contributed by atoms with van der Waals surface area (Å²) in [6.07, 6.45) is 1.94. The maximum atomic E-state index is 12.8. The number of benzene rings is 3. The Morgan fingerprint density at radius 3 is 2.52 bits per heavy atom. The van der Waals surface area contributed by atoms with Crippen LogP contribution in [0, 0.1) is 11.3 Å². The number of hydrogen-bond acceptors (Lipinski definition) is 3. The number of H-pyrrole nitrogens is 1. The van der Waals surface area contributed by atoms with E-state index in [1.807, 2.05) is 66.9 Å². The normalized spacial score (nSPS) is 12.5. The Balaban J connectivity index is 1.69. The summed E-state index contributed by atoms with van der Waals surface area (Å²) in [5.74, 6) is -0.165. The summed E-state index contributed by atoms with van der Waals surface area (Å²) in [6, 6.07) is 25.8. The van der Waals surface area contributed by atoms with E-state index in [-0.39, 0.29) is 17.4 Å². The average Bonchev–Trinajstić information content (AvgIpc) is 3.19. The first kappa shape index (κ1) is 18.9. The van der Waals surface area contributed by atoms with Gasteiger partial charge in [0.05, 0.1) is 16.5 Å². The molecule has 3 aromatic carbocycles. The molecule has 0 aliphatic rings. The van der Waals surface area contributed by atoms with E-state index in [0.717, 1.165) is 22.0 Å². The Morgan fingerprint density at radius 1 is 0.966 bits per heavy atom. The number of rotatable bonds is 6. The van der Waals surface area contributed by atoms with Crippen molar-refractivity contribution < 1.29 is 8.42 Å². The highest BCUT2D eigenvalue weighted by atomic mass is 32.2. The van der Waals surface area contributed by atoms with E-state index >= 15 is 0 Å². The van der Waals surface area contributed by atoms with Crippen LogP contribution in [0.25, 0.3) is 10.9 Å².